The molecule has 0 aliphatic carbocycles. The summed E-state index contributed by atoms with van der Waals surface area (Å²) in [5.74, 6) is -0.740. The first-order chi connectivity index (χ1) is 7.83. The summed E-state index contributed by atoms with van der Waals surface area (Å²) in [7, 11) is 1.34. The molecule has 0 N–H and O–H groups in total. The predicted octanol–water partition coefficient (Wildman–Crippen LogP) is 1.58. The lowest BCUT2D eigenvalue weighted by Gasteiger charge is -2.30. The third kappa shape index (κ3) is 4.09. The molecule has 5 heteroatoms. The quantitative estimate of drug-likeness (QED) is 0.516. The van der Waals surface area contributed by atoms with Crippen LogP contribution in [0.2, 0.25) is 0 Å². The van der Waals surface area contributed by atoms with Gasteiger partial charge >= 0.3 is 12.1 Å². The molecule has 5 nitrogen and oxygen atoms in total. The van der Waals surface area contributed by atoms with Gasteiger partial charge in [-0.25, -0.2) is 4.79 Å². The summed E-state index contributed by atoms with van der Waals surface area (Å²) in [5.41, 5.74) is -0.529. The Balaban J connectivity index is 2.60. The van der Waals surface area contributed by atoms with Gasteiger partial charge in [-0.1, -0.05) is 12.2 Å². The van der Waals surface area contributed by atoms with Gasteiger partial charge in [-0.05, 0) is 20.8 Å². The van der Waals surface area contributed by atoms with Crippen molar-refractivity contribution < 1.29 is 19.1 Å². The van der Waals surface area contributed by atoms with Crippen LogP contribution in [-0.4, -0.2) is 42.8 Å². The maximum atomic E-state index is 11.8. The first-order valence-corrected chi connectivity index (χ1v) is 5.56. The summed E-state index contributed by atoms with van der Waals surface area (Å²) < 4.78 is 9.89. The van der Waals surface area contributed by atoms with Gasteiger partial charge < -0.3 is 14.4 Å². The first kappa shape index (κ1) is 13.5. The first-order valence-electron chi connectivity index (χ1n) is 5.56. The van der Waals surface area contributed by atoms with Crippen molar-refractivity contribution in [3.05, 3.63) is 12.2 Å². The van der Waals surface area contributed by atoms with Gasteiger partial charge in [-0.15, -0.1) is 0 Å². The minimum Gasteiger partial charge on any atom is -0.469 e. The molecular formula is C12H19NO4. The molecule has 0 radical (unpaired) electrons. The Morgan fingerprint density at radius 3 is 2.53 bits per heavy atom. The van der Waals surface area contributed by atoms with Gasteiger partial charge in [-0.2, -0.15) is 0 Å². The van der Waals surface area contributed by atoms with Crippen molar-refractivity contribution in [2.45, 2.75) is 26.4 Å². The predicted molar refractivity (Wildman–Crippen MR) is 62.5 cm³/mol. The zero-order chi connectivity index (χ0) is 13.1. The Labute approximate surface area is 101 Å². The topological polar surface area (TPSA) is 55.8 Å². The second kappa shape index (κ2) is 5.21. The van der Waals surface area contributed by atoms with E-state index in [1.165, 1.54) is 12.0 Å². The number of amides is 1. The summed E-state index contributed by atoms with van der Waals surface area (Å²) in [5, 5.41) is 0. The third-order valence-corrected chi connectivity index (χ3v) is 2.27. The number of esters is 1. The SMILES string of the molecule is COC(=O)[C@H]1C=CCN(C(=O)OC(C)(C)C)C1. The summed E-state index contributed by atoms with van der Waals surface area (Å²) in [6, 6.07) is 0. The van der Waals surface area contributed by atoms with E-state index in [9.17, 15) is 9.59 Å². The minimum atomic E-state index is -0.529. The van der Waals surface area contributed by atoms with Gasteiger partial charge in [0.25, 0.3) is 0 Å². The van der Waals surface area contributed by atoms with E-state index in [1.807, 2.05) is 20.8 Å². The summed E-state index contributed by atoms with van der Waals surface area (Å²) in [4.78, 5) is 24.6. The molecule has 1 rings (SSSR count). The van der Waals surface area contributed by atoms with Gasteiger partial charge in [0.05, 0.1) is 13.0 Å². The molecule has 0 bridgehead atoms. The number of nitrogens with zero attached hydrogens (tertiary/aromatic N) is 1. The highest BCUT2D eigenvalue weighted by Crippen LogP contribution is 2.15. The Morgan fingerprint density at radius 2 is 2.00 bits per heavy atom. The van der Waals surface area contributed by atoms with Crippen LogP contribution in [-0.2, 0) is 14.3 Å². The Bertz CT molecular complexity index is 330. The number of carbonyl (C=O) groups is 2. The molecule has 0 aromatic rings. The van der Waals surface area contributed by atoms with Gasteiger partial charge in [-0.3, -0.25) is 4.79 Å². The summed E-state index contributed by atoms with van der Waals surface area (Å²) >= 11 is 0. The normalized spacial score (nSPS) is 20.0. The zero-order valence-electron chi connectivity index (χ0n) is 10.7. The number of rotatable bonds is 1. The van der Waals surface area contributed by atoms with Crippen molar-refractivity contribution >= 4 is 12.1 Å². The van der Waals surface area contributed by atoms with Gasteiger partial charge in [0, 0.05) is 13.1 Å². The van der Waals surface area contributed by atoms with Crippen molar-refractivity contribution in [2.24, 2.45) is 5.92 Å². The number of carbonyl (C=O) groups excluding carboxylic acids is 2. The monoisotopic (exact) mass is 241 g/mol. The molecule has 1 atom stereocenters. The van der Waals surface area contributed by atoms with Crippen molar-refractivity contribution in [3.63, 3.8) is 0 Å². The Hall–Kier alpha value is -1.52. The molecule has 1 heterocycles. The standard InChI is InChI=1S/C12H19NO4/c1-12(2,3)17-11(15)13-7-5-6-9(8-13)10(14)16-4/h5-6,9H,7-8H2,1-4H3/t9-/m0/s1. The molecule has 0 fully saturated rings. The van der Waals surface area contributed by atoms with E-state index in [2.05, 4.69) is 4.74 Å². The number of ether oxygens (including phenoxy) is 2. The number of hydrogen-bond acceptors (Lipinski definition) is 4. The molecule has 0 saturated carbocycles. The Morgan fingerprint density at radius 1 is 1.35 bits per heavy atom. The largest absolute Gasteiger partial charge is 0.469 e. The highest BCUT2D eigenvalue weighted by atomic mass is 16.6. The van der Waals surface area contributed by atoms with Gasteiger partial charge in [0.15, 0.2) is 0 Å². The molecule has 0 spiro atoms. The Kier molecular flexibility index (Phi) is 4.15. The molecule has 1 aliphatic rings. The van der Waals surface area contributed by atoms with E-state index >= 15 is 0 Å². The molecule has 0 aromatic heterocycles. The highest BCUT2D eigenvalue weighted by Gasteiger charge is 2.28. The number of hydrogen-bond donors (Lipinski definition) is 0. The van der Waals surface area contributed by atoms with Crippen LogP contribution in [0.4, 0.5) is 4.79 Å². The fourth-order valence-corrected chi connectivity index (χ4v) is 1.51. The van der Waals surface area contributed by atoms with Crippen LogP contribution in [0.5, 0.6) is 0 Å². The number of methoxy groups -OCH3 is 1. The highest BCUT2D eigenvalue weighted by molar-refractivity contribution is 5.76. The van der Waals surface area contributed by atoms with Gasteiger partial charge in [0.2, 0.25) is 0 Å². The van der Waals surface area contributed by atoms with Crippen LogP contribution < -0.4 is 0 Å². The lowest BCUT2D eigenvalue weighted by atomic mass is 10.1. The second-order valence-electron chi connectivity index (χ2n) is 4.94. The van der Waals surface area contributed by atoms with Crippen LogP contribution >= 0.6 is 0 Å². The molecule has 1 amide bonds. The van der Waals surface area contributed by atoms with Crippen molar-refractivity contribution in [2.75, 3.05) is 20.2 Å². The molecule has 0 aromatic carbocycles. The van der Waals surface area contributed by atoms with Crippen molar-refractivity contribution in [3.8, 4) is 0 Å². The van der Waals surface area contributed by atoms with E-state index in [4.69, 9.17) is 4.74 Å². The lowest BCUT2D eigenvalue weighted by molar-refractivity contribution is -0.144. The fourth-order valence-electron chi connectivity index (χ4n) is 1.51. The van der Waals surface area contributed by atoms with E-state index in [-0.39, 0.29) is 5.97 Å². The smallest absolute Gasteiger partial charge is 0.410 e. The molecule has 17 heavy (non-hydrogen) atoms. The summed E-state index contributed by atoms with van der Waals surface area (Å²) in [6.07, 6.45) is 3.12. The van der Waals surface area contributed by atoms with Crippen LogP contribution in [0.15, 0.2) is 12.2 Å². The maximum absolute atomic E-state index is 11.8. The van der Waals surface area contributed by atoms with Crippen molar-refractivity contribution in [1.82, 2.24) is 4.90 Å². The van der Waals surface area contributed by atoms with Crippen LogP contribution in [0, 0.1) is 5.92 Å². The van der Waals surface area contributed by atoms with E-state index in [0.717, 1.165) is 0 Å². The van der Waals surface area contributed by atoms with E-state index in [1.54, 1.807) is 12.2 Å². The molecular weight excluding hydrogens is 222 g/mol. The average molecular weight is 241 g/mol. The van der Waals surface area contributed by atoms with E-state index in [0.29, 0.717) is 13.1 Å². The average Bonchev–Trinajstić information content (AvgIpc) is 2.26. The van der Waals surface area contributed by atoms with Crippen LogP contribution in [0.25, 0.3) is 0 Å². The molecule has 0 unspecified atom stereocenters. The fraction of sp³-hybridized carbons (Fsp3) is 0.667. The third-order valence-electron chi connectivity index (χ3n) is 2.27. The van der Waals surface area contributed by atoms with Crippen LogP contribution in [0.1, 0.15) is 20.8 Å². The molecule has 96 valence electrons. The lowest BCUT2D eigenvalue weighted by Crippen LogP contribution is -2.43. The second-order valence-corrected chi connectivity index (χ2v) is 4.94. The van der Waals surface area contributed by atoms with E-state index < -0.39 is 17.6 Å². The minimum absolute atomic E-state index is 0.304. The summed E-state index contributed by atoms with van der Waals surface area (Å²) in [6.45, 7) is 6.19. The van der Waals surface area contributed by atoms with Crippen molar-refractivity contribution in [1.29, 1.82) is 0 Å². The molecule has 0 saturated heterocycles. The molecule has 1 aliphatic heterocycles. The zero-order valence-corrected chi connectivity index (χ0v) is 10.7. The maximum Gasteiger partial charge on any atom is 0.410 e. The van der Waals surface area contributed by atoms with Crippen LogP contribution in [0.3, 0.4) is 0 Å². The van der Waals surface area contributed by atoms with Gasteiger partial charge in [0.1, 0.15) is 5.60 Å².